The first-order valence-electron chi connectivity index (χ1n) is 12.9. The van der Waals surface area contributed by atoms with E-state index < -0.39 is 0 Å². The molecule has 194 valence electrons. The fraction of sp³-hybridized carbons (Fsp3) is 0.833. The van der Waals surface area contributed by atoms with Crippen LogP contribution in [0.15, 0.2) is 11.6 Å². The molecular weight excluding hydrogens is 494 g/mol. The molecule has 0 aromatic rings. The van der Waals surface area contributed by atoms with Gasteiger partial charge in [-0.1, -0.05) is 59.6 Å². The molecule has 5 aliphatic rings. The fourth-order valence-electron chi connectivity index (χ4n) is 9.99. The number of carbonyl (C=O) groups excluding carboxylic acids is 1. The van der Waals surface area contributed by atoms with E-state index in [9.17, 15) is 4.79 Å². The summed E-state index contributed by atoms with van der Waals surface area (Å²) in [5.41, 5.74) is 3.27. The van der Waals surface area contributed by atoms with E-state index >= 15 is 0 Å². The third-order valence-corrected chi connectivity index (χ3v) is 12.4. The smallest absolute Gasteiger partial charge is 0.138 e. The molecule has 4 fully saturated rings. The number of hydrogen-bond donors (Lipinski definition) is 0. The summed E-state index contributed by atoms with van der Waals surface area (Å²) in [4.78, 5) is 12.9. The van der Waals surface area contributed by atoms with Crippen LogP contribution >= 0.6 is 0 Å². The van der Waals surface area contributed by atoms with Gasteiger partial charge in [-0.3, -0.25) is 4.79 Å². The topological polar surface area (TPSA) is 17.1 Å². The van der Waals surface area contributed by atoms with Crippen molar-refractivity contribution >= 4 is 5.78 Å². The number of fused-ring (bicyclic) bond motifs is 7. The molecule has 3 unspecified atom stereocenters. The predicted molar refractivity (Wildman–Crippen MR) is 131 cm³/mol. The van der Waals surface area contributed by atoms with Gasteiger partial charge in [-0.05, 0) is 77.9 Å². The van der Waals surface area contributed by atoms with Gasteiger partial charge in [0, 0.05) is 45.4 Å². The molecule has 0 N–H and O–H groups in total. The molecule has 0 aromatic heterocycles. The Morgan fingerprint density at radius 1 is 0.909 bits per heavy atom. The second-order valence-corrected chi connectivity index (χ2v) is 13.8. The zero-order valence-corrected chi connectivity index (χ0v) is 24.5. The van der Waals surface area contributed by atoms with Crippen molar-refractivity contribution in [1.29, 1.82) is 0 Å². The summed E-state index contributed by atoms with van der Waals surface area (Å²) in [5, 5.41) is 0. The summed E-state index contributed by atoms with van der Waals surface area (Å²) >= 11 is 0. The van der Waals surface area contributed by atoms with Crippen molar-refractivity contribution < 1.29 is 38.4 Å². The summed E-state index contributed by atoms with van der Waals surface area (Å²) in [7, 11) is 0. The van der Waals surface area contributed by atoms with Crippen molar-refractivity contribution in [3.63, 3.8) is 0 Å². The van der Waals surface area contributed by atoms with Gasteiger partial charge in [-0.2, -0.15) is 19.8 Å². The second-order valence-electron chi connectivity index (χ2n) is 13.8. The molecule has 0 aliphatic heterocycles. The SMILES string of the molecule is C[C-]1CC[C@]2(C)CC[C@]3(C)C(=CCC4[C@@]5(C)CCC(=O)C(C)(C)C5CC[C@]43C)C2C1.[CH3-].[Co].[Co]. The van der Waals surface area contributed by atoms with Crippen molar-refractivity contribution in [3.8, 4) is 0 Å². The average Bonchev–Trinajstić information content (AvgIpc) is 2.67. The zero-order chi connectivity index (χ0) is 21.7. The molecule has 5 aliphatic carbocycles. The van der Waals surface area contributed by atoms with Crippen LogP contribution in [0.1, 0.15) is 113 Å². The van der Waals surface area contributed by atoms with Gasteiger partial charge in [-0.15, -0.1) is 0 Å². The standard InChI is InChI=1S/C29H45O.CH3.2Co/c1-19-10-13-26(4)16-17-28(6)20(21(26)18-19)8-9-23-27(5)14-12-24(30)25(2,3)22(27)11-15-29(23,28)7;;;/h8,21-23H,9-18H2,1-7H3;1H3;;/q2*-1;;/t21?,22?,23?,26-,27+,28-,29-;;;/m1.../s1. The van der Waals surface area contributed by atoms with Crippen LogP contribution in [0.3, 0.4) is 0 Å². The van der Waals surface area contributed by atoms with E-state index in [0.717, 1.165) is 24.7 Å². The minimum Gasteiger partial charge on any atom is -0.358 e. The summed E-state index contributed by atoms with van der Waals surface area (Å²) in [6, 6.07) is 0. The van der Waals surface area contributed by atoms with Crippen LogP contribution < -0.4 is 0 Å². The normalized spacial score (nSPS) is 48.3. The van der Waals surface area contributed by atoms with E-state index in [1.807, 2.05) is 5.57 Å². The number of hydrogen-bond acceptors (Lipinski definition) is 1. The Labute approximate surface area is 225 Å². The Morgan fingerprint density at radius 3 is 2.24 bits per heavy atom. The summed E-state index contributed by atoms with van der Waals surface area (Å²) in [6.07, 6.45) is 15.3. The van der Waals surface area contributed by atoms with Gasteiger partial charge in [0.2, 0.25) is 0 Å². The third-order valence-electron chi connectivity index (χ3n) is 12.4. The maximum Gasteiger partial charge on any atom is 0.138 e. The van der Waals surface area contributed by atoms with E-state index in [1.165, 1.54) is 51.4 Å². The number of allylic oxidation sites excluding steroid dienone is 2. The first-order chi connectivity index (χ1) is 13.9. The van der Waals surface area contributed by atoms with Crippen LogP contribution in [0.5, 0.6) is 0 Å². The van der Waals surface area contributed by atoms with E-state index in [0.29, 0.717) is 33.4 Å². The Kier molecular flexibility index (Phi) is 8.15. The van der Waals surface area contributed by atoms with E-state index in [-0.39, 0.29) is 46.4 Å². The number of Topliss-reactive ketones (excluding diaryl/α,β-unsaturated/α-hetero) is 1. The minimum atomic E-state index is -0.139. The van der Waals surface area contributed by atoms with Crippen LogP contribution in [0, 0.1) is 58.2 Å². The molecule has 0 bridgehead atoms. The first kappa shape index (κ1) is 29.7. The molecular formula is C30H48Co2O-2. The van der Waals surface area contributed by atoms with Crippen LogP contribution in [-0.4, -0.2) is 5.78 Å². The number of ketones is 1. The van der Waals surface area contributed by atoms with Gasteiger partial charge < -0.3 is 13.3 Å². The predicted octanol–water partition coefficient (Wildman–Crippen LogP) is 8.39. The van der Waals surface area contributed by atoms with Crippen molar-refractivity contribution in [2.24, 2.45) is 44.8 Å². The maximum atomic E-state index is 12.9. The Bertz CT molecular complexity index is 801. The molecule has 5 rings (SSSR count). The fourth-order valence-corrected chi connectivity index (χ4v) is 9.99. The molecule has 4 saturated carbocycles. The maximum absolute atomic E-state index is 12.9. The Hall–Kier alpha value is 0.423. The van der Waals surface area contributed by atoms with Gasteiger partial charge in [0.25, 0.3) is 0 Å². The monoisotopic (exact) mass is 542 g/mol. The molecule has 33 heavy (non-hydrogen) atoms. The first-order valence-corrected chi connectivity index (χ1v) is 12.9. The number of carbonyl (C=O) groups is 1. The molecule has 0 saturated heterocycles. The van der Waals surface area contributed by atoms with Crippen LogP contribution in [0.25, 0.3) is 0 Å². The van der Waals surface area contributed by atoms with Gasteiger partial charge in [0.1, 0.15) is 5.78 Å². The quantitative estimate of drug-likeness (QED) is 0.222. The van der Waals surface area contributed by atoms with Crippen molar-refractivity contribution in [2.75, 3.05) is 0 Å². The van der Waals surface area contributed by atoms with Gasteiger partial charge in [-0.25, -0.2) is 0 Å². The van der Waals surface area contributed by atoms with Crippen molar-refractivity contribution in [1.82, 2.24) is 0 Å². The Balaban J connectivity index is 0.00000128. The largest absolute Gasteiger partial charge is 0.358 e. The molecule has 0 spiro atoms. The van der Waals surface area contributed by atoms with Crippen LogP contribution in [0.4, 0.5) is 0 Å². The van der Waals surface area contributed by atoms with Crippen LogP contribution in [0.2, 0.25) is 0 Å². The average molecular weight is 543 g/mol. The molecule has 0 heterocycles. The molecule has 2 radical (unpaired) electrons. The molecule has 0 aromatic carbocycles. The summed E-state index contributed by atoms with van der Waals surface area (Å²) in [5.74, 6) is 4.31. The number of rotatable bonds is 0. The van der Waals surface area contributed by atoms with Crippen molar-refractivity contribution in [2.45, 2.75) is 113 Å². The summed E-state index contributed by atoms with van der Waals surface area (Å²) < 4.78 is 0. The van der Waals surface area contributed by atoms with Gasteiger partial charge >= 0.3 is 0 Å². The summed E-state index contributed by atoms with van der Waals surface area (Å²) in [6.45, 7) is 17.5. The van der Waals surface area contributed by atoms with Crippen LogP contribution in [-0.2, 0) is 38.4 Å². The zero-order valence-electron chi connectivity index (χ0n) is 22.5. The van der Waals surface area contributed by atoms with Gasteiger partial charge in [0.15, 0.2) is 0 Å². The van der Waals surface area contributed by atoms with E-state index in [4.69, 9.17) is 0 Å². The molecule has 1 nitrogen and oxygen atoms in total. The van der Waals surface area contributed by atoms with E-state index in [1.54, 1.807) is 5.92 Å². The Morgan fingerprint density at radius 2 is 1.58 bits per heavy atom. The van der Waals surface area contributed by atoms with Gasteiger partial charge in [0.05, 0.1) is 0 Å². The minimum absolute atomic E-state index is 0. The van der Waals surface area contributed by atoms with Crippen molar-refractivity contribution in [3.05, 3.63) is 25.0 Å². The van der Waals surface area contributed by atoms with E-state index in [2.05, 4.69) is 54.5 Å². The molecule has 0 amide bonds. The molecule has 7 atom stereocenters. The molecule has 3 heteroatoms. The third kappa shape index (κ3) is 3.75. The second kappa shape index (κ2) is 9.07.